The quantitative estimate of drug-likeness (QED) is 0.488. The highest BCUT2D eigenvalue weighted by atomic mass is 31.2. The van der Waals surface area contributed by atoms with E-state index in [0.29, 0.717) is 0 Å². The Labute approximate surface area is 144 Å². The summed E-state index contributed by atoms with van der Waals surface area (Å²) in [6, 6.07) is 0. The zero-order valence-corrected chi connectivity index (χ0v) is 14.9. The first kappa shape index (κ1) is 20.0. The second-order valence-electron chi connectivity index (χ2n) is 5.42. The average Bonchev–Trinajstić information content (AvgIpc) is 3.13. The van der Waals surface area contributed by atoms with Gasteiger partial charge in [0.15, 0.2) is 6.23 Å². The van der Waals surface area contributed by atoms with Gasteiger partial charge in [-0.25, -0.2) is 9.67 Å². The summed E-state index contributed by atoms with van der Waals surface area (Å²) in [5, 5.41) is 24.1. The van der Waals surface area contributed by atoms with Crippen molar-refractivity contribution in [3.63, 3.8) is 0 Å². The zero-order valence-electron chi connectivity index (χ0n) is 14.0. The molecule has 1 aromatic heterocycles. The number of nitrogens with two attached hydrogens (primary N) is 1. The van der Waals surface area contributed by atoms with Crippen molar-refractivity contribution in [2.75, 3.05) is 19.4 Å². The van der Waals surface area contributed by atoms with Crippen LogP contribution in [0, 0.1) is 0 Å². The standard InChI is InChI=1S/C13H23N4O7P/c1-3-22-25(21,23-4-2)6-5-8-9(18)10(19)13(24-8)17-7-15-12(16-17)11(14)20/h7-10,13,18-19H,3-6H2,1-2H3,(H2,14,20)/t8?,9-,10-,13?/m1/s1. The van der Waals surface area contributed by atoms with E-state index < -0.39 is 38.0 Å². The molecule has 0 radical (unpaired) electrons. The van der Waals surface area contributed by atoms with Crippen LogP contribution in [0.25, 0.3) is 0 Å². The number of rotatable bonds is 9. The molecule has 1 aromatic rings. The maximum Gasteiger partial charge on any atom is 0.330 e. The average molecular weight is 378 g/mol. The molecule has 1 amide bonds. The number of amides is 1. The Morgan fingerprint density at radius 3 is 2.52 bits per heavy atom. The van der Waals surface area contributed by atoms with Crippen LogP contribution in [0.15, 0.2) is 6.33 Å². The van der Waals surface area contributed by atoms with Gasteiger partial charge in [-0.15, -0.1) is 5.10 Å². The minimum Gasteiger partial charge on any atom is -0.388 e. The molecule has 4 N–H and O–H groups in total. The lowest BCUT2D eigenvalue weighted by molar-refractivity contribution is -0.0453. The lowest BCUT2D eigenvalue weighted by atomic mass is 10.1. The molecule has 0 saturated carbocycles. The van der Waals surface area contributed by atoms with Gasteiger partial charge in [-0.3, -0.25) is 9.36 Å². The number of aromatic nitrogens is 3. The monoisotopic (exact) mass is 378 g/mol. The second-order valence-corrected chi connectivity index (χ2v) is 7.60. The second kappa shape index (κ2) is 8.35. The minimum absolute atomic E-state index is 0.0275. The van der Waals surface area contributed by atoms with Crippen molar-refractivity contribution < 1.29 is 33.4 Å². The fourth-order valence-corrected chi connectivity index (χ4v) is 4.23. The van der Waals surface area contributed by atoms with Crippen molar-refractivity contribution in [1.29, 1.82) is 0 Å². The Bertz CT molecular complexity index is 630. The summed E-state index contributed by atoms with van der Waals surface area (Å²) in [6.07, 6.45) is -3.04. The van der Waals surface area contributed by atoms with E-state index in [1.54, 1.807) is 13.8 Å². The van der Waals surface area contributed by atoms with Crippen LogP contribution < -0.4 is 5.73 Å². The molecule has 1 fully saturated rings. The molecule has 2 heterocycles. The molecule has 1 aliphatic heterocycles. The Morgan fingerprint density at radius 2 is 2.00 bits per heavy atom. The van der Waals surface area contributed by atoms with Crippen molar-refractivity contribution in [1.82, 2.24) is 14.8 Å². The van der Waals surface area contributed by atoms with Gasteiger partial charge in [0.2, 0.25) is 5.82 Å². The van der Waals surface area contributed by atoms with Crippen LogP contribution in [0.5, 0.6) is 0 Å². The van der Waals surface area contributed by atoms with E-state index in [9.17, 15) is 19.6 Å². The van der Waals surface area contributed by atoms with E-state index in [1.807, 2.05) is 0 Å². The minimum atomic E-state index is -3.29. The number of carbonyl (C=O) groups excluding carboxylic acids is 1. The molecule has 25 heavy (non-hydrogen) atoms. The molecule has 2 rings (SSSR count). The van der Waals surface area contributed by atoms with Crippen molar-refractivity contribution >= 4 is 13.5 Å². The number of hydrogen-bond acceptors (Lipinski definition) is 9. The van der Waals surface area contributed by atoms with Crippen molar-refractivity contribution in [2.24, 2.45) is 5.73 Å². The van der Waals surface area contributed by atoms with Gasteiger partial charge in [-0.2, -0.15) is 0 Å². The van der Waals surface area contributed by atoms with Crippen LogP contribution in [0.3, 0.4) is 0 Å². The molecule has 12 heteroatoms. The summed E-state index contributed by atoms with van der Waals surface area (Å²) in [7, 11) is -3.29. The van der Waals surface area contributed by atoms with Gasteiger partial charge in [0.05, 0.1) is 25.5 Å². The molecule has 0 spiro atoms. The number of ether oxygens (including phenoxy) is 1. The van der Waals surface area contributed by atoms with Gasteiger partial charge >= 0.3 is 7.60 Å². The molecule has 1 saturated heterocycles. The van der Waals surface area contributed by atoms with E-state index in [-0.39, 0.29) is 31.6 Å². The lowest BCUT2D eigenvalue weighted by Crippen LogP contribution is -2.32. The van der Waals surface area contributed by atoms with E-state index in [4.69, 9.17) is 19.5 Å². The Hall–Kier alpha value is -1.36. The predicted octanol–water partition coefficient (Wildman–Crippen LogP) is -0.348. The van der Waals surface area contributed by atoms with Gasteiger partial charge < -0.3 is 29.7 Å². The molecule has 0 bridgehead atoms. The van der Waals surface area contributed by atoms with Crippen molar-refractivity contribution in [3.8, 4) is 0 Å². The summed E-state index contributed by atoms with van der Waals surface area (Å²) in [4.78, 5) is 14.7. The van der Waals surface area contributed by atoms with E-state index in [2.05, 4.69) is 10.1 Å². The Morgan fingerprint density at radius 1 is 1.36 bits per heavy atom. The zero-order chi connectivity index (χ0) is 18.6. The largest absolute Gasteiger partial charge is 0.388 e. The Kier molecular flexibility index (Phi) is 6.66. The molecule has 0 aromatic carbocycles. The number of primary amides is 1. The highest BCUT2D eigenvalue weighted by Gasteiger charge is 2.45. The summed E-state index contributed by atoms with van der Waals surface area (Å²) in [6.45, 7) is 3.86. The summed E-state index contributed by atoms with van der Waals surface area (Å²) in [5.41, 5.74) is 5.08. The molecule has 4 atom stereocenters. The van der Waals surface area contributed by atoms with Gasteiger partial charge in [0.1, 0.15) is 18.5 Å². The van der Waals surface area contributed by atoms with E-state index >= 15 is 0 Å². The van der Waals surface area contributed by atoms with Gasteiger partial charge in [-0.1, -0.05) is 0 Å². The first-order chi connectivity index (χ1) is 11.8. The van der Waals surface area contributed by atoms with Crippen LogP contribution in [0.1, 0.15) is 37.1 Å². The fraction of sp³-hybridized carbons (Fsp3) is 0.769. The van der Waals surface area contributed by atoms with Crippen molar-refractivity contribution in [2.45, 2.75) is 44.8 Å². The molecule has 2 unspecified atom stereocenters. The van der Waals surface area contributed by atoms with Gasteiger partial charge in [0, 0.05) is 0 Å². The third kappa shape index (κ3) is 4.63. The third-order valence-electron chi connectivity index (χ3n) is 3.67. The predicted molar refractivity (Wildman–Crippen MR) is 84.8 cm³/mol. The normalized spacial score (nSPS) is 26.9. The maximum absolute atomic E-state index is 12.5. The number of aliphatic hydroxyl groups excluding tert-OH is 2. The summed E-state index contributed by atoms with van der Waals surface area (Å²) >= 11 is 0. The molecule has 1 aliphatic rings. The van der Waals surface area contributed by atoms with Crippen LogP contribution in [-0.2, 0) is 18.3 Å². The lowest BCUT2D eigenvalue weighted by Gasteiger charge is -2.20. The summed E-state index contributed by atoms with van der Waals surface area (Å²) in [5.74, 6) is -1.05. The third-order valence-corrected chi connectivity index (χ3v) is 5.78. The van der Waals surface area contributed by atoms with Crippen molar-refractivity contribution in [3.05, 3.63) is 12.2 Å². The van der Waals surface area contributed by atoms with E-state index in [1.165, 1.54) is 6.33 Å². The topological polar surface area (TPSA) is 159 Å². The van der Waals surface area contributed by atoms with Crippen LogP contribution >= 0.6 is 7.60 Å². The SMILES string of the molecule is CCOP(=O)(CCC1OC(n2cnc(C(N)=O)n2)[C@H](O)[C@@H]1O)OCC. The number of hydrogen-bond donors (Lipinski definition) is 3. The fourth-order valence-electron chi connectivity index (χ4n) is 2.54. The number of carbonyl (C=O) groups is 1. The molecule has 0 aliphatic carbocycles. The number of nitrogens with zero attached hydrogens (tertiary/aromatic N) is 3. The van der Waals surface area contributed by atoms with Crippen LogP contribution in [0.2, 0.25) is 0 Å². The van der Waals surface area contributed by atoms with Crippen LogP contribution in [0.4, 0.5) is 0 Å². The highest BCUT2D eigenvalue weighted by molar-refractivity contribution is 7.53. The Balaban J connectivity index is 2.03. The highest BCUT2D eigenvalue weighted by Crippen LogP contribution is 2.49. The van der Waals surface area contributed by atoms with Gasteiger partial charge in [-0.05, 0) is 20.3 Å². The van der Waals surface area contributed by atoms with E-state index in [0.717, 1.165) is 4.68 Å². The molecule has 11 nitrogen and oxygen atoms in total. The first-order valence-electron chi connectivity index (χ1n) is 7.92. The molecular formula is C13H23N4O7P. The summed E-state index contributed by atoms with van der Waals surface area (Å²) < 4.78 is 29.5. The van der Waals surface area contributed by atoms with Crippen LogP contribution in [-0.4, -0.2) is 68.6 Å². The smallest absolute Gasteiger partial charge is 0.330 e. The first-order valence-corrected chi connectivity index (χ1v) is 9.64. The van der Waals surface area contributed by atoms with Gasteiger partial charge in [0.25, 0.3) is 5.91 Å². The number of aliphatic hydroxyl groups is 2. The molecule has 142 valence electrons. The maximum atomic E-state index is 12.5. The molecular weight excluding hydrogens is 355 g/mol.